The highest BCUT2D eigenvalue weighted by atomic mass is 16.2. The number of nitrogens with one attached hydrogen (secondary N) is 1. The largest absolute Gasteiger partial charge is 0.349 e. The van der Waals surface area contributed by atoms with E-state index in [-0.39, 0.29) is 16.9 Å². The summed E-state index contributed by atoms with van der Waals surface area (Å²) >= 11 is 0. The van der Waals surface area contributed by atoms with Crippen molar-refractivity contribution in [3.63, 3.8) is 0 Å². The zero-order valence-corrected chi connectivity index (χ0v) is 11.3. The number of nitrogens with two attached hydrogens (primary N) is 1. The van der Waals surface area contributed by atoms with Gasteiger partial charge in [-0.05, 0) is 31.2 Å². The SMILES string of the molecule is NCC1(NC(=O)C2(c3ccccc3)CC2)CCCC1. The Kier molecular flexibility index (Phi) is 3.09. The molecule has 1 aromatic carbocycles. The van der Waals surface area contributed by atoms with Crippen LogP contribution in [0.4, 0.5) is 0 Å². The Morgan fingerprint density at radius 1 is 1.11 bits per heavy atom. The van der Waals surface area contributed by atoms with Gasteiger partial charge in [-0.1, -0.05) is 43.2 Å². The summed E-state index contributed by atoms with van der Waals surface area (Å²) in [5, 5.41) is 3.28. The van der Waals surface area contributed by atoms with Crippen LogP contribution >= 0.6 is 0 Å². The number of hydrogen-bond donors (Lipinski definition) is 2. The fourth-order valence-electron chi connectivity index (χ4n) is 3.32. The molecule has 3 N–H and O–H groups in total. The minimum absolute atomic E-state index is 0.137. The molecule has 0 aliphatic heterocycles. The van der Waals surface area contributed by atoms with E-state index >= 15 is 0 Å². The van der Waals surface area contributed by atoms with E-state index in [4.69, 9.17) is 5.73 Å². The molecule has 1 amide bonds. The van der Waals surface area contributed by atoms with Crippen molar-refractivity contribution in [2.75, 3.05) is 6.54 Å². The molecule has 3 nitrogen and oxygen atoms in total. The lowest BCUT2D eigenvalue weighted by Gasteiger charge is -2.31. The average Bonchev–Trinajstić information content (AvgIpc) is 3.15. The van der Waals surface area contributed by atoms with Crippen LogP contribution in [0.2, 0.25) is 0 Å². The molecule has 0 spiro atoms. The van der Waals surface area contributed by atoms with Crippen LogP contribution in [-0.4, -0.2) is 18.0 Å². The molecule has 19 heavy (non-hydrogen) atoms. The first-order chi connectivity index (χ1) is 9.21. The minimum Gasteiger partial charge on any atom is -0.349 e. The maximum atomic E-state index is 12.7. The van der Waals surface area contributed by atoms with Crippen molar-refractivity contribution in [3.8, 4) is 0 Å². The normalized spacial score (nSPS) is 23.0. The van der Waals surface area contributed by atoms with Gasteiger partial charge in [-0.25, -0.2) is 0 Å². The van der Waals surface area contributed by atoms with Crippen LogP contribution in [0.15, 0.2) is 30.3 Å². The lowest BCUT2D eigenvalue weighted by atomic mass is 9.91. The Morgan fingerprint density at radius 2 is 1.74 bits per heavy atom. The molecular weight excluding hydrogens is 236 g/mol. The third-order valence-electron chi connectivity index (χ3n) is 4.84. The fraction of sp³-hybridized carbons (Fsp3) is 0.562. The summed E-state index contributed by atoms with van der Waals surface area (Å²) in [4.78, 5) is 12.7. The first-order valence-electron chi connectivity index (χ1n) is 7.29. The first-order valence-corrected chi connectivity index (χ1v) is 7.29. The maximum absolute atomic E-state index is 12.7. The van der Waals surface area contributed by atoms with E-state index in [1.165, 1.54) is 12.8 Å². The van der Waals surface area contributed by atoms with Gasteiger partial charge in [0.15, 0.2) is 0 Å². The molecule has 3 rings (SSSR count). The van der Waals surface area contributed by atoms with E-state index < -0.39 is 0 Å². The van der Waals surface area contributed by atoms with E-state index in [1.807, 2.05) is 18.2 Å². The van der Waals surface area contributed by atoms with Gasteiger partial charge in [-0.2, -0.15) is 0 Å². The molecule has 1 aromatic rings. The zero-order valence-electron chi connectivity index (χ0n) is 11.3. The Labute approximate surface area is 114 Å². The highest BCUT2D eigenvalue weighted by Gasteiger charge is 2.52. The molecule has 2 aliphatic carbocycles. The van der Waals surface area contributed by atoms with Gasteiger partial charge in [-0.15, -0.1) is 0 Å². The second-order valence-corrected chi connectivity index (χ2v) is 6.09. The van der Waals surface area contributed by atoms with Gasteiger partial charge in [0.25, 0.3) is 0 Å². The van der Waals surface area contributed by atoms with Crippen molar-refractivity contribution in [2.45, 2.75) is 49.5 Å². The van der Waals surface area contributed by atoms with Crippen molar-refractivity contribution in [1.29, 1.82) is 0 Å². The number of hydrogen-bond acceptors (Lipinski definition) is 2. The smallest absolute Gasteiger partial charge is 0.231 e. The van der Waals surface area contributed by atoms with Crippen molar-refractivity contribution in [3.05, 3.63) is 35.9 Å². The Hall–Kier alpha value is -1.35. The summed E-state index contributed by atoms with van der Waals surface area (Å²) in [5.41, 5.74) is 6.65. The van der Waals surface area contributed by atoms with Crippen LogP contribution in [0.3, 0.4) is 0 Å². The zero-order chi connectivity index (χ0) is 13.3. The van der Waals surface area contributed by atoms with Crippen LogP contribution in [0.5, 0.6) is 0 Å². The third kappa shape index (κ3) is 2.16. The maximum Gasteiger partial charge on any atom is 0.231 e. The van der Waals surface area contributed by atoms with E-state index in [2.05, 4.69) is 17.4 Å². The average molecular weight is 258 g/mol. The van der Waals surface area contributed by atoms with E-state index in [9.17, 15) is 4.79 Å². The highest BCUT2D eigenvalue weighted by molar-refractivity contribution is 5.91. The molecule has 2 saturated carbocycles. The molecule has 0 heterocycles. The predicted octanol–water partition coefficient (Wildman–Crippen LogP) is 2.11. The second kappa shape index (κ2) is 4.64. The summed E-state index contributed by atoms with van der Waals surface area (Å²) in [6.45, 7) is 0.559. The molecule has 2 fully saturated rings. The lowest BCUT2D eigenvalue weighted by molar-refractivity contribution is -0.125. The number of carbonyl (C=O) groups is 1. The molecule has 0 saturated heterocycles. The van der Waals surface area contributed by atoms with Gasteiger partial charge >= 0.3 is 0 Å². The van der Waals surface area contributed by atoms with Crippen molar-refractivity contribution in [2.24, 2.45) is 5.73 Å². The number of rotatable bonds is 4. The van der Waals surface area contributed by atoms with Crippen LogP contribution in [-0.2, 0) is 10.2 Å². The number of benzene rings is 1. The first kappa shape index (κ1) is 12.7. The van der Waals surface area contributed by atoms with Gasteiger partial charge in [0.1, 0.15) is 0 Å². The van der Waals surface area contributed by atoms with Crippen molar-refractivity contribution < 1.29 is 4.79 Å². The van der Waals surface area contributed by atoms with Crippen LogP contribution < -0.4 is 11.1 Å². The van der Waals surface area contributed by atoms with Gasteiger partial charge < -0.3 is 11.1 Å². The van der Waals surface area contributed by atoms with Gasteiger partial charge in [0.05, 0.1) is 11.0 Å². The molecule has 0 radical (unpaired) electrons. The molecule has 0 unspecified atom stereocenters. The summed E-state index contributed by atoms with van der Waals surface area (Å²) in [7, 11) is 0. The van der Waals surface area contributed by atoms with Crippen LogP contribution in [0, 0.1) is 0 Å². The molecule has 2 aliphatic rings. The minimum atomic E-state index is -0.272. The number of amides is 1. The Balaban J connectivity index is 1.77. The van der Waals surface area contributed by atoms with Gasteiger partial charge in [-0.3, -0.25) is 4.79 Å². The molecule has 3 heteroatoms. The molecule has 0 atom stereocenters. The van der Waals surface area contributed by atoms with E-state index in [0.29, 0.717) is 6.54 Å². The molecule has 0 aromatic heterocycles. The topological polar surface area (TPSA) is 55.1 Å². The summed E-state index contributed by atoms with van der Waals surface area (Å²) in [6, 6.07) is 10.1. The molecule has 102 valence electrons. The van der Waals surface area contributed by atoms with Gasteiger partial charge in [0, 0.05) is 6.54 Å². The summed E-state index contributed by atoms with van der Waals surface area (Å²) < 4.78 is 0. The third-order valence-corrected chi connectivity index (χ3v) is 4.84. The van der Waals surface area contributed by atoms with Crippen molar-refractivity contribution >= 4 is 5.91 Å². The Bertz CT molecular complexity index is 459. The monoisotopic (exact) mass is 258 g/mol. The fourth-order valence-corrected chi connectivity index (χ4v) is 3.32. The molecular formula is C16H22N2O. The highest BCUT2D eigenvalue weighted by Crippen LogP contribution is 2.49. The van der Waals surface area contributed by atoms with Gasteiger partial charge in [0.2, 0.25) is 5.91 Å². The van der Waals surface area contributed by atoms with Crippen LogP contribution in [0.25, 0.3) is 0 Å². The van der Waals surface area contributed by atoms with E-state index in [1.54, 1.807) is 0 Å². The summed E-state index contributed by atoms with van der Waals surface area (Å²) in [6.07, 6.45) is 6.33. The van der Waals surface area contributed by atoms with Crippen LogP contribution in [0.1, 0.15) is 44.1 Å². The van der Waals surface area contributed by atoms with Crippen molar-refractivity contribution in [1.82, 2.24) is 5.32 Å². The molecule has 0 bridgehead atoms. The van der Waals surface area contributed by atoms with E-state index in [0.717, 1.165) is 31.2 Å². The standard InChI is InChI=1S/C16H22N2O/c17-12-15(8-4-5-9-15)18-14(19)16(10-11-16)13-6-2-1-3-7-13/h1-3,6-7H,4-5,8-12,17H2,(H,18,19). The Morgan fingerprint density at radius 3 is 2.26 bits per heavy atom. The lowest BCUT2D eigenvalue weighted by Crippen LogP contribution is -2.54. The summed E-state index contributed by atoms with van der Waals surface area (Å²) in [5.74, 6) is 0.186. The number of carbonyl (C=O) groups excluding carboxylic acids is 1. The predicted molar refractivity (Wildman–Crippen MR) is 75.8 cm³/mol. The quantitative estimate of drug-likeness (QED) is 0.869. The second-order valence-electron chi connectivity index (χ2n) is 6.09.